The van der Waals surface area contributed by atoms with E-state index in [1.54, 1.807) is 0 Å². The molecule has 0 N–H and O–H groups in total. The third kappa shape index (κ3) is 2.99. The minimum Gasteiger partial charge on any atom is -0.312 e. The third-order valence-electron chi connectivity index (χ3n) is 9.03. The minimum absolute atomic E-state index is 1.05. The molecule has 0 amide bonds. The van der Waals surface area contributed by atoms with Crippen LogP contribution in [0.15, 0.2) is 109 Å². The predicted molar refractivity (Wildman–Crippen MR) is 170 cm³/mol. The van der Waals surface area contributed by atoms with Gasteiger partial charge in [-0.15, -0.1) is 0 Å². The molecular formula is C38H28N2. The van der Waals surface area contributed by atoms with Crippen LogP contribution in [0.3, 0.4) is 0 Å². The molecule has 0 atom stereocenters. The van der Waals surface area contributed by atoms with Crippen molar-refractivity contribution in [2.24, 2.45) is 0 Å². The Morgan fingerprint density at radius 3 is 2.20 bits per heavy atom. The Labute approximate surface area is 233 Å². The van der Waals surface area contributed by atoms with E-state index in [2.05, 4.69) is 131 Å². The van der Waals surface area contributed by atoms with Crippen LogP contribution < -0.4 is 0 Å². The average Bonchev–Trinajstić information content (AvgIpc) is 3.51. The van der Waals surface area contributed by atoms with Gasteiger partial charge in [-0.3, -0.25) is 0 Å². The molecule has 9 rings (SSSR count). The molecule has 2 heterocycles. The number of rotatable bonds is 2. The first kappa shape index (κ1) is 22.0. The molecule has 2 aliphatic rings. The summed E-state index contributed by atoms with van der Waals surface area (Å²) in [5, 5.41) is 6.53. The van der Waals surface area contributed by atoms with E-state index in [9.17, 15) is 0 Å². The van der Waals surface area contributed by atoms with Gasteiger partial charge in [-0.2, -0.15) is 0 Å². The van der Waals surface area contributed by atoms with E-state index in [0.717, 1.165) is 25.7 Å². The van der Waals surface area contributed by atoms with Crippen molar-refractivity contribution in [1.82, 2.24) is 9.13 Å². The summed E-state index contributed by atoms with van der Waals surface area (Å²) in [5.74, 6) is 0. The monoisotopic (exact) mass is 512 g/mol. The average molecular weight is 513 g/mol. The van der Waals surface area contributed by atoms with E-state index in [1.165, 1.54) is 77.2 Å². The van der Waals surface area contributed by atoms with Crippen LogP contribution in [0.25, 0.3) is 67.0 Å². The van der Waals surface area contributed by atoms with Crippen LogP contribution in [-0.2, 0) is 12.8 Å². The summed E-state index contributed by atoms with van der Waals surface area (Å²) in [4.78, 5) is 0. The lowest BCUT2D eigenvalue weighted by atomic mass is 9.95. The molecule has 190 valence electrons. The lowest BCUT2D eigenvalue weighted by Crippen LogP contribution is -2.04. The van der Waals surface area contributed by atoms with Crippen LogP contribution in [0.4, 0.5) is 0 Å². The quantitative estimate of drug-likeness (QED) is 0.218. The molecule has 5 aromatic carbocycles. The van der Waals surface area contributed by atoms with E-state index in [4.69, 9.17) is 0 Å². The number of hydrogen-bond acceptors (Lipinski definition) is 0. The van der Waals surface area contributed by atoms with E-state index in [1.807, 2.05) is 0 Å². The third-order valence-corrected chi connectivity index (χ3v) is 9.03. The van der Waals surface area contributed by atoms with Crippen molar-refractivity contribution in [2.75, 3.05) is 0 Å². The highest BCUT2D eigenvalue weighted by Crippen LogP contribution is 2.42. The first-order chi connectivity index (χ1) is 19.9. The zero-order chi connectivity index (χ0) is 26.2. The van der Waals surface area contributed by atoms with Crippen molar-refractivity contribution in [2.45, 2.75) is 25.7 Å². The standard InChI is InChI=1S/C38H28N2/c1-3-15-27-25(11-1)13-9-21-33(27)39-35-19-7-5-17-29(35)31-24-38-32(23-37(31)39)30-18-6-8-20-36(30)40(38)34-22-10-14-26-12-2-4-16-28(26)34/h1-3,5-6,8-15,17-18,20-24H,4,7,16,19H2. The lowest BCUT2D eigenvalue weighted by molar-refractivity contribution is 0.892. The van der Waals surface area contributed by atoms with Crippen molar-refractivity contribution in [3.63, 3.8) is 0 Å². The maximum Gasteiger partial charge on any atom is 0.0548 e. The van der Waals surface area contributed by atoms with Gasteiger partial charge in [-0.1, -0.05) is 91.0 Å². The van der Waals surface area contributed by atoms with Crippen LogP contribution >= 0.6 is 0 Å². The summed E-state index contributed by atoms with van der Waals surface area (Å²) in [7, 11) is 0. The Hall–Kier alpha value is -4.82. The number of hydrogen-bond donors (Lipinski definition) is 0. The number of aromatic nitrogens is 2. The zero-order valence-electron chi connectivity index (χ0n) is 22.3. The van der Waals surface area contributed by atoms with Gasteiger partial charge in [-0.05, 0) is 72.5 Å². The molecule has 0 bridgehead atoms. The Bertz CT molecular complexity index is 2210. The molecule has 0 saturated heterocycles. The summed E-state index contributed by atoms with van der Waals surface area (Å²) in [6.45, 7) is 0. The smallest absolute Gasteiger partial charge is 0.0548 e. The summed E-state index contributed by atoms with van der Waals surface area (Å²) >= 11 is 0. The van der Waals surface area contributed by atoms with Gasteiger partial charge in [0.25, 0.3) is 0 Å². The van der Waals surface area contributed by atoms with Crippen LogP contribution in [-0.4, -0.2) is 9.13 Å². The van der Waals surface area contributed by atoms with E-state index in [0.29, 0.717) is 0 Å². The molecular weight excluding hydrogens is 484 g/mol. The second-order valence-corrected chi connectivity index (χ2v) is 11.2. The second kappa shape index (κ2) is 8.34. The molecule has 0 unspecified atom stereocenters. The minimum atomic E-state index is 1.05. The fourth-order valence-corrected chi connectivity index (χ4v) is 7.29. The second-order valence-electron chi connectivity index (χ2n) is 11.2. The Balaban J connectivity index is 1.44. The van der Waals surface area contributed by atoms with Gasteiger partial charge in [0.1, 0.15) is 0 Å². The van der Waals surface area contributed by atoms with Crippen LogP contribution in [0.5, 0.6) is 0 Å². The molecule has 2 nitrogen and oxygen atoms in total. The number of allylic oxidation sites excluding steroid dienone is 2. The van der Waals surface area contributed by atoms with Gasteiger partial charge in [-0.25, -0.2) is 0 Å². The maximum atomic E-state index is 2.55. The Morgan fingerprint density at radius 2 is 1.23 bits per heavy atom. The predicted octanol–water partition coefficient (Wildman–Crippen LogP) is 9.80. The van der Waals surface area contributed by atoms with Crippen molar-refractivity contribution in [3.8, 4) is 11.4 Å². The molecule has 2 aliphatic carbocycles. The van der Waals surface area contributed by atoms with Crippen LogP contribution in [0.2, 0.25) is 0 Å². The highest BCUT2D eigenvalue weighted by atomic mass is 15.0. The van der Waals surface area contributed by atoms with Crippen molar-refractivity contribution >= 4 is 55.6 Å². The first-order valence-corrected chi connectivity index (χ1v) is 14.4. The van der Waals surface area contributed by atoms with E-state index < -0.39 is 0 Å². The van der Waals surface area contributed by atoms with Crippen molar-refractivity contribution in [1.29, 1.82) is 0 Å². The summed E-state index contributed by atoms with van der Waals surface area (Å²) in [6.07, 6.45) is 13.6. The molecule has 0 fully saturated rings. The normalized spacial score (nSPS) is 14.4. The van der Waals surface area contributed by atoms with E-state index in [-0.39, 0.29) is 0 Å². The number of nitrogens with zero attached hydrogens (tertiary/aromatic N) is 2. The molecule has 2 aromatic heterocycles. The van der Waals surface area contributed by atoms with Crippen LogP contribution in [0, 0.1) is 0 Å². The highest BCUT2D eigenvalue weighted by Gasteiger charge is 2.23. The van der Waals surface area contributed by atoms with Gasteiger partial charge in [0.15, 0.2) is 0 Å². The van der Waals surface area contributed by atoms with Crippen molar-refractivity contribution in [3.05, 3.63) is 132 Å². The maximum absolute atomic E-state index is 2.55. The molecule has 0 spiro atoms. The molecule has 0 radical (unpaired) electrons. The van der Waals surface area contributed by atoms with Crippen LogP contribution in [0.1, 0.15) is 35.2 Å². The van der Waals surface area contributed by atoms with Gasteiger partial charge in [0, 0.05) is 38.5 Å². The van der Waals surface area contributed by atoms with Gasteiger partial charge >= 0.3 is 0 Å². The molecule has 0 saturated carbocycles. The largest absolute Gasteiger partial charge is 0.312 e. The lowest BCUT2D eigenvalue weighted by Gasteiger charge is -2.18. The SMILES string of the molecule is C1=Cc2cccc(-n3c4ccccc4c4cc5c(cc43)c3c(n5-c4cccc5ccccc45)CCC=C3)c2CC1. The Kier molecular flexibility index (Phi) is 4.59. The fraction of sp³-hybridized carbons (Fsp3) is 0.105. The highest BCUT2D eigenvalue weighted by molar-refractivity contribution is 6.15. The fourth-order valence-electron chi connectivity index (χ4n) is 7.29. The van der Waals surface area contributed by atoms with Crippen molar-refractivity contribution < 1.29 is 0 Å². The summed E-state index contributed by atoms with van der Waals surface area (Å²) in [6, 6.07) is 36.1. The van der Waals surface area contributed by atoms with Gasteiger partial charge in [0.05, 0.1) is 22.2 Å². The first-order valence-electron chi connectivity index (χ1n) is 14.4. The molecule has 0 aliphatic heterocycles. The topological polar surface area (TPSA) is 9.86 Å². The number of fused-ring (bicyclic) bond motifs is 8. The molecule has 2 heteroatoms. The Morgan fingerprint density at radius 1 is 0.500 bits per heavy atom. The van der Waals surface area contributed by atoms with Gasteiger partial charge < -0.3 is 9.13 Å². The van der Waals surface area contributed by atoms with Gasteiger partial charge in [0.2, 0.25) is 0 Å². The summed E-state index contributed by atoms with van der Waals surface area (Å²) in [5.41, 5.74) is 12.0. The molecule has 40 heavy (non-hydrogen) atoms. The summed E-state index contributed by atoms with van der Waals surface area (Å²) < 4.78 is 5.08. The van der Waals surface area contributed by atoms with E-state index >= 15 is 0 Å². The zero-order valence-corrected chi connectivity index (χ0v) is 22.3. The number of benzene rings is 5. The molecule has 7 aromatic rings. The number of para-hydroxylation sites is 1.